The van der Waals surface area contributed by atoms with Crippen LogP contribution in [0.1, 0.15) is 28.8 Å². The minimum atomic E-state index is -0.573. The molecular weight excluding hydrogens is 455 g/mol. The molecule has 0 aromatic heterocycles. The summed E-state index contributed by atoms with van der Waals surface area (Å²) in [6.07, 6.45) is 1.38. The standard InChI is InChI=1S/C23H26Cl2N2O5/c1-30-20-11-17(23(29)32-3)19(12-21(20)31-2)26-22(28)14-6-8-27(9-7-14)13-15-4-5-16(24)10-18(15)25/h4-5,10-12,14H,6-9,13H2,1-3H3,(H,26,28). The van der Waals surface area contributed by atoms with Crippen LogP contribution in [0.25, 0.3) is 0 Å². The molecule has 0 radical (unpaired) electrons. The molecule has 2 aromatic rings. The van der Waals surface area contributed by atoms with Crippen LogP contribution in [-0.4, -0.2) is 51.2 Å². The van der Waals surface area contributed by atoms with Gasteiger partial charge in [0.25, 0.3) is 0 Å². The molecule has 9 heteroatoms. The fraction of sp³-hybridized carbons (Fsp3) is 0.391. The van der Waals surface area contributed by atoms with Crippen molar-refractivity contribution in [1.29, 1.82) is 0 Å². The third-order valence-electron chi connectivity index (χ3n) is 5.55. The highest BCUT2D eigenvalue weighted by Gasteiger charge is 2.27. The monoisotopic (exact) mass is 480 g/mol. The number of hydrogen-bond acceptors (Lipinski definition) is 6. The Labute approximate surface area is 197 Å². The average Bonchev–Trinajstić information content (AvgIpc) is 2.80. The van der Waals surface area contributed by atoms with Gasteiger partial charge in [-0.2, -0.15) is 0 Å². The molecular formula is C23H26Cl2N2O5. The van der Waals surface area contributed by atoms with Gasteiger partial charge in [0.15, 0.2) is 11.5 Å². The number of carbonyl (C=O) groups is 2. The normalized spacial score (nSPS) is 14.7. The number of rotatable bonds is 7. The molecule has 0 bridgehead atoms. The van der Waals surface area contributed by atoms with Crippen LogP contribution in [0.3, 0.4) is 0 Å². The van der Waals surface area contributed by atoms with Crippen molar-refractivity contribution in [2.45, 2.75) is 19.4 Å². The molecule has 1 saturated heterocycles. The number of nitrogens with one attached hydrogen (secondary N) is 1. The van der Waals surface area contributed by atoms with Crippen LogP contribution in [0.5, 0.6) is 11.5 Å². The predicted molar refractivity (Wildman–Crippen MR) is 124 cm³/mol. The SMILES string of the molecule is COC(=O)c1cc(OC)c(OC)cc1NC(=O)C1CCN(Cc2ccc(Cl)cc2Cl)CC1. The number of anilines is 1. The Balaban J connectivity index is 1.66. The smallest absolute Gasteiger partial charge is 0.340 e. The fourth-order valence-electron chi connectivity index (χ4n) is 3.74. The highest BCUT2D eigenvalue weighted by molar-refractivity contribution is 6.35. The molecule has 2 aromatic carbocycles. The molecule has 0 aliphatic carbocycles. The highest BCUT2D eigenvalue weighted by Crippen LogP contribution is 2.34. The second-order valence-electron chi connectivity index (χ2n) is 7.52. The Kier molecular flexibility index (Phi) is 8.23. The van der Waals surface area contributed by atoms with E-state index in [9.17, 15) is 9.59 Å². The molecule has 1 heterocycles. The van der Waals surface area contributed by atoms with E-state index in [-0.39, 0.29) is 17.4 Å². The number of carbonyl (C=O) groups excluding carboxylic acids is 2. The Morgan fingerprint density at radius 1 is 1.03 bits per heavy atom. The quantitative estimate of drug-likeness (QED) is 0.581. The van der Waals surface area contributed by atoms with Gasteiger partial charge in [-0.1, -0.05) is 29.3 Å². The third-order valence-corrected chi connectivity index (χ3v) is 6.14. The molecule has 172 valence electrons. The van der Waals surface area contributed by atoms with Crippen LogP contribution in [0.4, 0.5) is 5.69 Å². The summed E-state index contributed by atoms with van der Waals surface area (Å²) in [5.41, 5.74) is 1.54. The molecule has 1 aliphatic heterocycles. The van der Waals surface area contributed by atoms with Crippen molar-refractivity contribution in [2.24, 2.45) is 5.92 Å². The van der Waals surface area contributed by atoms with Crippen LogP contribution >= 0.6 is 23.2 Å². The summed E-state index contributed by atoms with van der Waals surface area (Å²) in [5, 5.41) is 4.12. The Bertz CT molecular complexity index is 991. The van der Waals surface area contributed by atoms with Crippen LogP contribution < -0.4 is 14.8 Å². The lowest BCUT2D eigenvalue weighted by atomic mass is 9.95. The van der Waals surface area contributed by atoms with Crippen molar-refractivity contribution in [3.05, 3.63) is 51.5 Å². The molecule has 1 amide bonds. The molecule has 32 heavy (non-hydrogen) atoms. The summed E-state index contributed by atoms with van der Waals surface area (Å²) in [7, 11) is 4.25. The molecule has 1 fully saturated rings. The minimum absolute atomic E-state index is 0.147. The number of esters is 1. The first-order valence-corrected chi connectivity index (χ1v) is 10.9. The summed E-state index contributed by atoms with van der Waals surface area (Å²) in [4.78, 5) is 27.4. The molecule has 0 saturated carbocycles. The van der Waals surface area contributed by atoms with Crippen molar-refractivity contribution < 1.29 is 23.8 Å². The van der Waals surface area contributed by atoms with Gasteiger partial charge in [-0.3, -0.25) is 9.69 Å². The number of amides is 1. The number of nitrogens with zero attached hydrogens (tertiary/aromatic N) is 1. The first-order valence-electron chi connectivity index (χ1n) is 10.2. The number of ether oxygens (including phenoxy) is 3. The van der Waals surface area contributed by atoms with Crippen molar-refractivity contribution >= 4 is 40.8 Å². The van der Waals surface area contributed by atoms with E-state index < -0.39 is 5.97 Å². The van der Waals surface area contributed by atoms with Crippen LogP contribution in [0.15, 0.2) is 30.3 Å². The van der Waals surface area contributed by atoms with Crippen LogP contribution in [0, 0.1) is 5.92 Å². The molecule has 1 aliphatic rings. The number of hydrogen-bond donors (Lipinski definition) is 1. The first kappa shape index (κ1) is 24.2. The largest absolute Gasteiger partial charge is 0.493 e. The zero-order chi connectivity index (χ0) is 23.3. The van der Waals surface area contributed by atoms with Gasteiger partial charge in [-0.25, -0.2) is 4.79 Å². The lowest BCUT2D eigenvalue weighted by Gasteiger charge is -2.31. The maximum atomic E-state index is 13.0. The maximum Gasteiger partial charge on any atom is 0.340 e. The summed E-state index contributed by atoms with van der Waals surface area (Å²) >= 11 is 12.3. The zero-order valence-corrected chi connectivity index (χ0v) is 19.8. The van der Waals surface area contributed by atoms with Crippen LogP contribution in [0.2, 0.25) is 10.0 Å². The van der Waals surface area contributed by atoms with Gasteiger partial charge in [-0.15, -0.1) is 0 Å². The Morgan fingerprint density at radius 3 is 2.28 bits per heavy atom. The lowest BCUT2D eigenvalue weighted by Crippen LogP contribution is -2.38. The number of likely N-dealkylation sites (tertiary alicyclic amines) is 1. The molecule has 0 unspecified atom stereocenters. The average molecular weight is 481 g/mol. The predicted octanol–water partition coefficient (Wildman–Crippen LogP) is 4.65. The number of halogens is 2. The minimum Gasteiger partial charge on any atom is -0.493 e. The van der Waals surface area contributed by atoms with Gasteiger partial charge in [-0.05, 0) is 43.6 Å². The number of piperidine rings is 1. The molecule has 1 N–H and O–H groups in total. The molecule has 7 nitrogen and oxygen atoms in total. The zero-order valence-electron chi connectivity index (χ0n) is 18.2. The number of benzene rings is 2. The van der Waals surface area contributed by atoms with Crippen molar-refractivity contribution in [1.82, 2.24) is 4.90 Å². The molecule has 0 spiro atoms. The summed E-state index contributed by atoms with van der Waals surface area (Å²) in [5.74, 6) is -0.113. The van der Waals surface area contributed by atoms with E-state index in [1.165, 1.54) is 27.4 Å². The van der Waals surface area contributed by atoms with Gasteiger partial charge >= 0.3 is 5.97 Å². The van der Waals surface area contributed by atoms with E-state index in [4.69, 9.17) is 37.4 Å². The van der Waals surface area contributed by atoms with Gasteiger partial charge < -0.3 is 19.5 Å². The molecule has 0 atom stereocenters. The van der Waals surface area contributed by atoms with E-state index in [1.807, 2.05) is 12.1 Å². The first-order chi connectivity index (χ1) is 15.4. The van der Waals surface area contributed by atoms with E-state index >= 15 is 0 Å². The van der Waals surface area contributed by atoms with Crippen molar-refractivity contribution in [3.63, 3.8) is 0 Å². The van der Waals surface area contributed by atoms with Crippen molar-refractivity contribution in [3.8, 4) is 11.5 Å². The summed E-state index contributed by atoms with van der Waals surface area (Å²) in [6, 6.07) is 8.56. The van der Waals surface area contributed by atoms with E-state index in [1.54, 1.807) is 12.1 Å². The summed E-state index contributed by atoms with van der Waals surface area (Å²) < 4.78 is 15.4. The Hall–Kier alpha value is -2.48. The van der Waals surface area contributed by atoms with Gasteiger partial charge in [0.1, 0.15) is 0 Å². The van der Waals surface area contributed by atoms with Gasteiger partial charge in [0.2, 0.25) is 5.91 Å². The van der Waals surface area contributed by atoms with Gasteiger partial charge in [0.05, 0.1) is 32.6 Å². The Morgan fingerprint density at radius 2 is 1.69 bits per heavy atom. The van der Waals surface area contributed by atoms with E-state index in [2.05, 4.69) is 10.2 Å². The topological polar surface area (TPSA) is 77.1 Å². The summed E-state index contributed by atoms with van der Waals surface area (Å²) in [6.45, 7) is 2.21. The third kappa shape index (κ3) is 5.65. The maximum absolute atomic E-state index is 13.0. The fourth-order valence-corrected chi connectivity index (χ4v) is 4.21. The van der Waals surface area contributed by atoms with Crippen molar-refractivity contribution in [2.75, 3.05) is 39.7 Å². The second kappa shape index (κ2) is 10.9. The van der Waals surface area contributed by atoms with E-state index in [0.717, 1.165) is 18.7 Å². The molecule has 3 rings (SSSR count). The lowest BCUT2D eigenvalue weighted by molar-refractivity contribution is -0.121. The van der Waals surface area contributed by atoms with E-state index in [0.29, 0.717) is 46.6 Å². The highest BCUT2D eigenvalue weighted by atomic mass is 35.5. The number of methoxy groups -OCH3 is 3. The van der Waals surface area contributed by atoms with Gasteiger partial charge in [0, 0.05) is 34.6 Å². The second-order valence-corrected chi connectivity index (χ2v) is 8.36. The van der Waals surface area contributed by atoms with Crippen LogP contribution in [-0.2, 0) is 16.1 Å².